The van der Waals surface area contributed by atoms with Crippen LogP contribution in [0.5, 0.6) is 0 Å². The Balaban J connectivity index is 2.31. The van der Waals surface area contributed by atoms with Gasteiger partial charge in [0, 0.05) is 12.5 Å². The Morgan fingerprint density at radius 2 is 2.05 bits per heavy atom. The maximum atomic E-state index is 11.8. The number of carbonyl (C=O) groups excluding carboxylic acids is 1. The summed E-state index contributed by atoms with van der Waals surface area (Å²) in [5, 5.41) is 2.82. The smallest absolute Gasteiger partial charge is 0.220 e. The number of hydrogen-bond acceptors (Lipinski definition) is 4. The number of sulfone groups is 1. The molecular weight excluding hydrogens is 264 g/mol. The molecule has 0 saturated carbocycles. The van der Waals surface area contributed by atoms with Crippen LogP contribution in [-0.4, -0.2) is 38.4 Å². The zero-order valence-corrected chi connectivity index (χ0v) is 12.7. The highest BCUT2D eigenvalue weighted by atomic mass is 32.2. The molecule has 0 aromatic heterocycles. The van der Waals surface area contributed by atoms with E-state index < -0.39 is 9.84 Å². The van der Waals surface area contributed by atoms with Crippen LogP contribution in [0, 0.1) is 11.8 Å². The number of carbonyl (C=O) groups is 1. The largest absolute Gasteiger partial charge is 0.352 e. The van der Waals surface area contributed by atoms with Gasteiger partial charge in [0.05, 0.1) is 11.5 Å². The van der Waals surface area contributed by atoms with Crippen LogP contribution in [-0.2, 0) is 14.6 Å². The van der Waals surface area contributed by atoms with Crippen molar-refractivity contribution in [3.05, 3.63) is 0 Å². The predicted octanol–water partition coefficient (Wildman–Crippen LogP) is 0.691. The average molecular weight is 290 g/mol. The summed E-state index contributed by atoms with van der Waals surface area (Å²) in [5.41, 5.74) is 5.57. The summed E-state index contributed by atoms with van der Waals surface area (Å²) in [6, 6.07) is -0.190. The summed E-state index contributed by atoms with van der Waals surface area (Å²) in [6.07, 6.45) is 2.76. The molecule has 1 fully saturated rings. The first-order chi connectivity index (χ1) is 8.84. The van der Waals surface area contributed by atoms with Crippen LogP contribution in [0.3, 0.4) is 0 Å². The molecule has 2 atom stereocenters. The quantitative estimate of drug-likeness (QED) is 0.722. The van der Waals surface area contributed by atoms with Crippen molar-refractivity contribution in [3.63, 3.8) is 0 Å². The van der Waals surface area contributed by atoms with E-state index in [0.29, 0.717) is 31.2 Å². The van der Waals surface area contributed by atoms with Crippen molar-refractivity contribution in [2.45, 2.75) is 45.6 Å². The molecule has 1 rings (SSSR count). The molecule has 1 aliphatic heterocycles. The molecule has 0 aliphatic carbocycles. The number of nitrogens with one attached hydrogen (secondary N) is 1. The minimum absolute atomic E-state index is 0.0372. The van der Waals surface area contributed by atoms with E-state index in [9.17, 15) is 13.2 Å². The van der Waals surface area contributed by atoms with Gasteiger partial charge in [-0.05, 0) is 37.6 Å². The fourth-order valence-electron chi connectivity index (χ4n) is 2.55. The van der Waals surface area contributed by atoms with Crippen molar-refractivity contribution in [2.24, 2.45) is 17.6 Å². The van der Waals surface area contributed by atoms with E-state index >= 15 is 0 Å². The summed E-state index contributed by atoms with van der Waals surface area (Å²) in [5.74, 6) is 1.23. The van der Waals surface area contributed by atoms with Gasteiger partial charge in [0.2, 0.25) is 5.91 Å². The average Bonchev–Trinajstić information content (AvgIpc) is 2.63. The Kier molecular flexibility index (Phi) is 6.26. The molecule has 0 spiro atoms. The summed E-state index contributed by atoms with van der Waals surface area (Å²) in [6.45, 7) is 4.93. The minimum atomic E-state index is -2.93. The monoisotopic (exact) mass is 290 g/mol. The molecular formula is C13H26N2O3S. The van der Waals surface area contributed by atoms with Crippen LogP contribution >= 0.6 is 0 Å². The van der Waals surface area contributed by atoms with E-state index in [1.54, 1.807) is 0 Å². The molecule has 0 radical (unpaired) electrons. The van der Waals surface area contributed by atoms with E-state index in [2.05, 4.69) is 19.2 Å². The fourth-order valence-corrected chi connectivity index (χ4v) is 4.22. The van der Waals surface area contributed by atoms with Gasteiger partial charge in [-0.15, -0.1) is 0 Å². The molecule has 1 heterocycles. The van der Waals surface area contributed by atoms with Gasteiger partial charge in [-0.2, -0.15) is 0 Å². The highest BCUT2D eigenvalue weighted by molar-refractivity contribution is 7.91. The van der Waals surface area contributed by atoms with E-state index in [-0.39, 0.29) is 23.5 Å². The number of rotatable bonds is 7. The van der Waals surface area contributed by atoms with Crippen LogP contribution in [0.1, 0.15) is 39.5 Å². The summed E-state index contributed by atoms with van der Waals surface area (Å²) in [7, 11) is -2.93. The predicted molar refractivity (Wildman–Crippen MR) is 76.4 cm³/mol. The maximum Gasteiger partial charge on any atom is 0.220 e. The Morgan fingerprint density at radius 1 is 1.37 bits per heavy atom. The molecule has 0 aromatic carbocycles. The SMILES string of the molecule is CC(C)C(CCN)CCC(=O)NC1CCS(=O)(=O)C1. The third kappa shape index (κ3) is 5.91. The minimum Gasteiger partial charge on any atom is -0.352 e. The Bertz CT molecular complexity index is 393. The van der Waals surface area contributed by atoms with Crippen molar-refractivity contribution in [2.75, 3.05) is 18.1 Å². The van der Waals surface area contributed by atoms with Crippen molar-refractivity contribution in [1.29, 1.82) is 0 Å². The molecule has 19 heavy (non-hydrogen) atoms. The molecule has 0 bridgehead atoms. The van der Waals surface area contributed by atoms with E-state index in [0.717, 1.165) is 12.8 Å². The second-order valence-corrected chi connectivity index (χ2v) is 8.02. The topological polar surface area (TPSA) is 89.3 Å². The van der Waals surface area contributed by atoms with Crippen LogP contribution in [0.25, 0.3) is 0 Å². The van der Waals surface area contributed by atoms with Crippen LogP contribution in [0.4, 0.5) is 0 Å². The first-order valence-corrected chi connectivity index (χ1v) is 8.86. The first kappa shape index (κ1) is 16.4. The standard InChI is InChI=1S/C13H26N2O3S/c1-10(2)11(5-7-14)3-4-13(16)15-12-6-8-19(17,18)9-12/h10-12H,3-9,14H2,1-2H3,(H,15,16). The third-order valence-corrected chi connectivity index (χ3v) is 5.59. The highest BCUT2D eigenvalue weighted by Gasteiger charge is 2.28. The fraction of sp³-hybridized carbons (Fsp3) is 0.923. The van der Waals surface area contributed by atoms with Gasteiger partial charge in [-0.3, -0.25) is 4.79 Å². The zero-order valence-electron chi connectivity index (χ0n) is 11.9. The Hall–Kier alpha value is -0.620. The maximum absolute atomic E-state index is 11.8. The molecule has 1 amide bonds. The number of amides is 1. The van der Waals surface area contributed by atoms with Gasteiger partial charge in [0.1, 0.15) is 0 Å². The lowest BCUT2D eigenvalue weighted by molar-refractivity contribution is -0.122. The molecule has 112 valence electrons. The lowest BCUT2D eigenvalue weighted by atomic mass is 9.88. The first-order valence-electron chi connectivity index (χ1n) is 7.04. The molecule has 2 unspecified atom stereocenters. The summed E-state index contributed by atoms with van der Waals surface area (Å²) < 4.78 is 22.6. The Labute approximate surface area is 116 Å². The van der Waals surface area contributed by atoms with Crippen LogP contribution in [0.15, 0.2) is 0 Å². The second kappa shape index (κ2) is 7.24. The van der Waals surface area contributed by atoms with Crippen molar-refractivity contribution in [3.8, 4) is 0 Å². The molecule has 6 heteroatoms. The van der Waals surface area contributed by atoms with Gasteiger partial charge < -0.3 is 11.1 Å². The van der Waals surface area contributed by atoms with Crippen molar-refractivity contribution < 1.29 is 13.2 Å². The number of hydrogen-bond donors (Lipinski definition) is 2. The van der Waals surface area contributed by atoms with Crippen molar-refractivity contribution >= 4 is 15.7 Å². The van der Waals surface area contributed by atoms with Gasteiger partial charge in [-0.1, -0.05) is 13.8 Å². The zero-order chi connectivity index (χ0) is 14.5. The van der Waals surface area contributed by atoms with E-state index in [1.807, 2.05) is 0 Å². The Morgan fingerprint density at radius 3 is 2.53 bits per heavy atom. The molecule has 1 saturated heterocycles. The molecule has 1 aliphatic rings. The van der Waals surface area contributed by atoms with Crippen LogP contribution in [0.2, 0.25) is 0 Å². The second-order valence-electron chi connectivity index (χ2n) is 5.79. The summed E-state index contributed by atoms with van der Waals surface area (Å²) in [4.78, 5) is 11.8. The molecule has 3 N–H and O–H groups in total. The van der Waals surface area contributed by atoms with Gasteiger partial charge in [0.25, 0.3) is 0 Å². The van der Waals surface area contributed by atoms with E-state index in [1.165, 1.54) is 0 Å². The van der Waals surface area contributed by atoms with Gasteiger partial charge in [0.15, 0.2) is 9.84 Å². The van der Waals surface area contributed by atoms with Crippen molar-refractivity contribution in [1.82, 2.24) is 5.32 Å². The van der Waals surface area contributed by atoms with Gasteiger partial charge in [-0.25, -0.2) is 8.42 Å². The third-order valence-electron chi connectivity index (χ3n) is 3.82. The summed E-state index contributed by atoms with van der Waals surface area (Å²) >= 11 is 0. The van der Waals surface area contributed by atoms with Gasteiger partial charge >= 0.3 is 0 Å². The highest BCUT2D eigenvalue weighted by Crippen LogP contribution is 2.20. The van der Waals surface area contributed by atoms with Crippen LogP contribution < -0.4 is 11.1 Å². The number of nitrogens with two attached hydrogens (primary N) is 1. The normalized spacial score (nSPS) is 23.5. The van der Waals surface area contributed by atoms with E-state index in [4.69, 9.17) is 5.73 Å². The molecule has 5 nitrogen and oxygen atoms in total. The molecule has 0 aromatic rings. The lowest BCUT2D eigenvalue weighted by Crippen LogP contribution is -2.35. The lowest BCUT2D eigenvalue weighted by Gasteiger charge is -2.20.